The Balaban J connectivity index is 3.16. The van der Waals surface area contributed by atoms with Crippen molar-refractivity contribution in [1.29, 1.82) is 0 Å². The van der Waals surface area contributed by atoms with Crippen molar-refractivity contribution >= 4 is 11.9 Å². The van der Waals surface area contributed by atoms with E-state index in [0.717, 1.165) is 5.56 Å². The fourth-order valence-corrected chi connectivity index (χ4v) is 2.00. The molecule has 0 atom stereocenters. The third-order valence-electron chi connectivity index (χ3n) is 3.30. The number of ether oxygens (including phenoxy) is 2. The molecule has 0 heterocycles. The minimum Gasteiger partial charge on any atom is -0.465 e. The van der Waals surface area contributed by atoms with Crippen LogP contribution in [-0.2, 0) is 30.9 Å². The Morgan fingerprint density at radius 1 is 1.05 bits per heavy atom. The average Bonchev–Trinajstić information content (AvgIpc) is 2.48. The van der Waals surface area contributed by atoms with Gasteiger partial charge in [-0.3, -0.25) is 9.59 Å². The number of carbonyl (C=O) groups excluding carboxylic acids is 2. The lowest BCUT2D eigenvalue weighted by Gasteiger charge is -2.25. The number of hydrogen-bond acceptors (Lipinski definition) is 5. The topological polar surface area (TPSA) is 72.8 Å². The van der Waals surface area contributed by atoms with Crippen LogP contribution in [0.2, 0.25) is 0 Å². The Kier molecular flexibility index (Phi) is 6.37. The van der Waals surface area contributed by atoms with Gasteiger partial charge in [0.25, 0.3) is 0 Å². The van der Waals surface area contributed by atoms with Gasteiger partial charge in [0, 0.05) is 6.61 Å². The number of aliphatic hydroxyl groups excluding tert-OH is 1. The number of carbonyl (C=O) groups is 2. The number of esters is 2. The molecular weight excluding hydrogens is 272 g/mol. The lowest BCUT2D eigenvalue weighted by Crippen LogP contribution is -2.43. The zero-order valence-electron chi connectivity index (χ0n) is 12.7. The zero-order valence-corrected chi connectivity index (χ0v) is 12.7. The van der Waals surface area contributed by atoms with Gasteiger partial charge < -0.3 is 14.6 Å². The standard InChI is InChI=1S/C16H22O5/c1-4-20-14(18)16(3,15(19)21-5-2)13-8-6-12(7-9-13)10-11-17/h6-9,17H,4-5,10-11H2,1-3H3. The van der Waals surface area contributed by atoms with Crippen molar-refractivity contribution in [2.75, 3.05) is 19.8 Å². The van der Waals surface area contributed by atoms with Gasteiger partial charge in [-0.1, -0.05) is 24.3 Å². The van der Waals surface area contributed by atoms with E-state index in [-0.39, 0.29) is 19.8 Å². The molecular formula is C16H22O5. The summed E-state index contributed by atoms with van der Waals surface area (Å²) in [6.07, 6.45) is 0.524. The molecule has 5 heteroatoms. The second-order valence-corrected chi connectivity index (χ2v) is 4.74. The highest BCUT2D eigenvalue weighted by Gasteiger charge is 2.46. The first-order chi connectivity index (χ1) is 10.00. The van der Waals surface area contributed by atoms with Crippen molar-refractivity contribution in [2.45, 2.75) is 32.6 Å². The monoisotopic (exact) mass is 294 g/mol. The Hall–Kier alpha value is -1.88. The maximum absolute atomic E-state index is 12.2. The first-order valence-corrected chi connectivity index (χ1v) is 7.05. The third-order valence-corrected chi connectivity index (χ3v) is 3.30. The van der Waals surface area contributed by atoms with Gasteiger partial charge >= 0.3 is 11.9 Å². The Morgan fingerprint density at radius 3 is 1.90 bits per heavy atom. The molecule has 0 aliphatic carbocycles. The number of rotatable bonds is 7. The fourth-order valence-electron chi connectivity index (χ4n) is 2.00. The quantitative estimate of drug-likeness (QED) is 0.611. The van der Waals surface area contributed by atoms with Gasteiger partial charge in [-0.25, -0.2) is 0 Å². The van der Waals surface area contributed by atoms with Crippen molar-refractivity contribution in [2.24, 2.45) is 0 Å². The van der Waals surface area contributed by atoms with E-state index in [1.165, 1.54) is 6.92 Å². The molecule has 0 bridgehead atoms. The van der Waals surface area contributed by atoms with E-state index >= 15 is 0 Å². The maximum Gasteiger partial charge on any atom is 0.327 e. The summed E-state index contributed by atoms with van der Waals surface area (Å²) in [4.78, 5) is 24.5. The summed E-state index contributed by atoms with van der Waals surface area (Å²) in [6, 6.07) is 6.95. The molecule has 0 unspecified atom stereocenters. The fraction of sp³-hybridized carbons (Fsp3) is 0.500. The number of hydrogen-bond donors (Lipinski definition) is 1. The van der Waals surface area contributed by atoms with Gasteiger partial charge in [-0.05, 0) is 38.3 Å². The normalized spacial score (nSPS) is 11.0. The summed E-state index contributed by atoms with van der Waals surface area (Å²) in [5.41, 5.74) is -0.0403. The minimum absolute atomic E-state index is 0.0480. The van der Waals surface area contributed by atoms with Crippen LogP contribution in [0.1, 0.15) is 31.9 Å². The molecule has 1 N–H and O–H groups in total. The van der Waals surface area contributed by atoms with Gasteiger partial charge in [0.05, 0.1) is 13.2 Å². The summed E-state index contributed by atoms with van der Waals surface area (Å²) >= 11 is 0. The van der Waals surface area contributed by atoms with Crippen molar-refractivity contribution in [3.05, 3.63) is 35.4 Å². The summed E-state index contributed by atoms with van der Waals surface area (Å²) in [7, 11) is 0. The smallest absolute Gasteiger partial charge is 0.327 e. The SMILES string of the molecule is CCOC(=O)C(C)(C(=O)OCC)c1ccc(CCO)cc1. The molecule has 0 fully saturated rings. The van der Waals surface area contributed by atoms with Crippen LogP contribution in [-0.4, -0.2) is 36.9 Å². The van der Waals surface area contributed by atoms with Crippen LogP contribution in [0.15, 0.2) is 24.3 Å². The van der Waals surface area contributed by atoms with Gasteiger partial charge in [0.1, 0.15) is 0 Å². The van der Waals surface area contributed by atoms with Gasteiger partial charge in [-0.2, -0.15) is 0 Å². The van der Waals surface area contributed by atoms with E-state index in [1.807, 2.05) is 0 Å². The molecule has 0 spiro atoms. The lowest BCUT2D eigenvalue weighted by atomic mass is 9.82. The predicted octanol–water partition coefficient (Wildman–Crippen LogP) is 1.61. The van der Waals surface area contributed by atoms with Crippen molar-refractivity contribution in [1.82, 2.24) is 0 Å². The first-order valence-electron chi connectivity index (χ1n) is 7.05. The maximum atomic E-state index is 12.2. The molecule has 21 heavy (non-hydrogen) atoms. The van der Waals surface area contributed by atoms with E-state index in [4.69, 9.17) is 14.6 Å². The van der Waals surface area contributed by atoms with E-state index in [0.29, 0.717) is 12.0 Å². The van der Waals surface area contributed by atoms with Crippen LogP contribution in [0, 0.1) is 0 Å². The predicted molar refractivity (Wildman–Crippen MR) is 77.8 cm³/mol. The van der Waals surface area contributed by atoms with Gasteiger partial charge in [-0.15, -0.1) is 0 Å². The van der Waals surface area contributed by atoms with Crippen LogP contribution in [0.4, 0.5) is 0 Å². The summed E-state index contributed by atoms with van der Waals surface area (Å²) < 4.78 is 10.1. The van der Waals surface area contributed by atoms with Crippen LogP contribution in [0.3, 0.4) is 0 Å². The molecule has 0 aliphatic rings. The van der Waals surface area contributed by atoms with Crippen molar-refractivity contribution < 1.29 is 24.2 Å². The summed E-state index contributed by atoms with van der Waals surface area (Å²) in [6.45, 7) is 5.31. The van der Waals surface area contributed by atoms with Crippen LogP contribution in [0.5, 0.6) is 0 Å². The molecule has 0 aromatic heterocycles. The minimum atomic E-state index is -1.48. The summed E-state index contributed by atoms with van der Waals surface area (Å²) in [5.74, 6) is -1.25. The largest absolute Gasteiger partial charge is 0.465 e. The molecule has 0 saturated carbocycles. The highest BCUT2D eigenvalue weighted by molar-refractivity contribution is 6.05. The van der Waals surface area contributed by atoms with E-state index in [9.17, 15) is 9.59 Å². The number of benzene rings is 1. The van der Waals surface area contributed by atoms with Crippen molar-refractivity contribution in [3.8, 4) is 0 Å². The lowest BCUT2D eigenvalue weighted by molar-refractivity contribution is -0.163. The summed E-state index contributed by atoms with van der Waals surface area (Å²) in [5, 5.41) is 8.92. The van der Waals surface area contributed by atoms with E-state index in [2.05, 4.69) is 0 Å². The first kappa shape index (κ1) is 17.2. The highest BCUT2D eigenvalue weighted by atomic mass is 16.6. The Morgan fingerprint density at radius 2 is 1.52 bits per heavy atom. The molecule has 0 amide bonds. The van der Waals surface area contributed by atoms with Crippen molar-refractivity contribution in [3.63, 3.8) is 0 Å². The van der Waals surface area contributed by atoms with E-state index < -0.39 is 17.4 Å². The van der Waals surface area contributed by atoms with E-state index in [1.54, 1.807) is 38.1 Å². The van der Waals surface area contributed by atoms with Gasteiger partial charge in [0.2, 0.25) is 0 Å². The number of aliphatic hydroxyl groups is 1. The van der Waals surface area contributed by atoms with Crippen LogP contribution < -0.4 is 0 Å². The second-order valence-electron chi connectivity index (χ2n) is 4.74. The molecule has 1 rings (SSSR count). The zero-order chi connectivity index (χ0) is 15.9. The van der Waals surface area contributed by atoms with Gasteiger partial charge in [0.15, 0.2) is 5.41 Å². The van der Waals surface area contributed by atoms with Crippen LogP contribution in [0.25, 0.3) is 0 Å². The Labute approximate surface area is 124 Å². The molecule has 0 saturated heterocycles. The Bertz CT molecular complexity index is 460. The molecule has 1 aromatic carbocycles. The molecule has 1 aromatic rings. The van der Waals surface area contributed by atoms with Crippen LogP contribution >= 0.6 is 0 Å². The average molecular weight is 294 g/mol. The highest BCUT2D eigenvalue weighted by Crippen LogP contribution is 2.28. The molecule has 5 nitrogen and oxygen atoms in total. The second kappa shape index (κ2) is 7.78. The molecule has 116 valence electrons. The molecule has 0 radical (unpaired) electrons. The molecule has 0 aliphatic heterocycles. The third kappa shape index (κ3) is 3.82.